The lowest BCUT2D eigenvalue weighted by Gasteiger charge is -2.27. The molecule has 0 aliphatic heterocycles. The summed E-state index contributed by atoms with van der Waals surface area (Å²) in [6.45, 7) is 0. The molecule has 26 heavy (non-hydrogen) atoms. The van der Waals surface area contributed by atoms with Crippen LogP contribution in [0.1, 0.15) is 50.1 Å². The first-order valence-electron chi connectivity index (χ1n) is 9.44. The summed E-state index contributed by atoms with van der Waals surface area (Å²) >= 11 is 0. The van der Waals surface area contributed by atoms with Crippen LogP contribution in [0.2, 0.25) is 0 Å². The van der Waals surface area contributed by atoms with E-state index in [0.29, 0.717) is 17.9 Å². The van der Waals surface area contributed by atoms with Crippen LogP contribution in [0, 0.1) is 0 Å². The average Bonchev–Trinajstić information content (AvgIpc) is 3.17. The minimum atomic E-state index is 0.264. The SMILES string of the molecule is NC1CCCC(Nc2nc(Nc3cc(C4CC4)n[nH]3)c3cccn3n2)C1. The minimum absolute atomic E-state index is 0.264. The van der Waals surface area contributed by atoms with Crippen LogP contribution in [-0.2, 0) is 0 Å². The van der Waals surface area contributed by atoms with Crippen LogP contribution in [0.15, 0.2) is 24.4 Å². The first kappa shape index (κ1) is 15.6. The van der Waals surface area contributed by atoms with Gasteiger partial charge >= 0.3 is 0 Å². The Morgan fingerprint density at radius 3 is 3.00 bits per heavy atom. The highest BCUT2D eigenvalue weighted by atomic mass is 15.3. The second-order valence-corrected chi connectivity index (χ2v) is 7.50. The highest BCUT2D eigenvalue weighted by Crippen LogP contribution is 2.39. The molecule has 0 spiro atoms. The first-order valence-corrected chi connectivity index (χ1v) is 9.44. The van der Waals surface area contributed by atoms with Crippen molar-refractivity contribution in [2.45, 2.75) is 56.5 Å². The molecule has 2 unspecified atom stereocenters. The van der Waals surface area contributed by atoms with E-state index < -0.39 is 0 Å². The van der Waals surface area contributed by atoms with Gasteiger partial charge in [0.1, 0.15) is 11.3 Å². The van der Waals surface area contributed by atoms with Crippen LogP contribution in [0.25, 0.3) is 5.52 Å². The smallest absolute Gasteiger partial charge is 0.243 e. The van der Waals surface area contributed by atoms with Crippen molar-refractivity contribution in [2.75, 3.05) is 10.6 Å². The normalized spacial score (nSPS) is 23.3. The zero-order valence-corrected chi connectivity index (χ0v) is 14.7. The Balaban J connectivity index is 1.40. The lowest BCUT2D eigenvalue weighted by atomic mass is 9.92. The maximum atomic E-state index is 6.11. The van der Waals surface area contributed by atoms with Gasteiger partial charge in [-0.15, -0.1) is 5.10 Å². The number of fused-ring (bicyclic) bond motifs is 1. The zero-order chi connectivity index (χ0) is 17.5. The van der Waals surface area contributed by atoms with E-state index in [9.17, 15) is 0 Å². The number of aromatic amines is 1. The monoisotopic (exact) mass is 352 g/mol. The number of anilines is 3. The van der Waals surface area contributed by atoms with Gasteiger partial charge in [0, 0.05) is 30.3 Å². The molecule has 5 rings (SSSR count). The fourth-order valence-electron chi connectivity index (χ4n) is 3.75. The number of hydrogen-bond acceptors (Lipinski definition) is 6. The molecule has 0 aromatic carbocycles. The van der Waals surface area contributed by atoms with E-state index in [1.165, 1.54) is 12.8 Å². The van der Waals surface area contributed by atoms with Crippen molar-refractivity contribution >= 4 is 23.1 Å². The molecule has 3 aromatic heterocycles. The number of nitrogens with one attached hydrogen (secondary N) is 3. The Labute approximate surface area is 151 Å². The molecule has 0 bridgehead atoms. The highest BCUT2D eigenvalue weighted by Gasteiger charge is 2.26. The summed E-state index contributed by atoms with van der Waals surface area (Å²) in [7, 11) is 0. The van der Waals surface area contributed by atoms with Crippen molar-refractivity contribution < 1.29 is 0 Å². The molecular weight excluding hydrogens is 328 g/mol. The molecule has 0 amide bonds. The predicted octanol–water partition coefficient (Wildman–Crippen LogP) is 2.76. The lowest BCUT2D eigenvalue weighted by molar-refractivity contribution is 0.408. The molecule has 5 N–H and O–H groups in total. The van der Waals surface area contributed by atoms with Crippen LogP contribution in [0.5, 0.6) is 0 Å². The van der Waals surface area contributed by atoms with E-state index >= 15 is 0 Å². The number of hydrogen-bond donors (Lipinski definition) is 4. The maximum Gasteiger partial charge on any atom is 0.243 e. The summed E-state index contributed by atoms with van der Waals surface area (Å²) in [6.07, 6.45) is 8.72. The fraction of sp³-hybridized carbons (Fsp3) is 0.500. The Bertz CT molecular complexity index is 909. The number of rotatable bonds is 5. The van der Waals surface area contributed by atoms with Crippen LogP contribution in [0.4, 0.5) is 17.6 Å². The minimum Gasteiger partial charge on any atom is -0.350 e. The molecule has 2 saturated carbocycles. The third-order valence-electron chi connectivity index (χ3n) is 5.29. The summed E-state index contributed by atoms with van der Waals surface area (Å²) in [6, 6.07) is 6.64. The van der Waals surface area contributed by atoms with Crippen molar-refractivity contribution in [2.24, 2.45) is 5.73 Å². The van der Waals surface area contributed by atoms with Crippen molar-refractivity contribution in [3.05, 3.63) is 30.1 Å². The number of aromatic nitrogens is 5. The van der Waals surface area contributed by atoms with Crippen LogP contribution < -0.4 is 16.4 Å². The van der Waals surface area contributed by atoms with Crippen molar-refractivity contribution in [3.63, 3.8) is 0 Å². The van der Waals surface area contributed by atoms with Gasteiger partial charge in [0.05, 0.1) is 5.69 Å². The van der Waals surface area contributed by atoms with Gasteiger partial charge in [-0.3, -0.25) is 5.10 Å². The second-order valence-electron chi connectivity index (χ2n) is 7.50. The number of nitrogens with two attached hydrogens (primary N) is 1. The van der Waals surface area contributed by atoms with Gasteiger partial charge < -0.3 is 16.4 Å². The van der Waals surface area contributed by atoms with E-state index in [2.05, 4.69) is 32.0 Å². The topological polar surface area (TPSA) is 109 Å². The third kappa shape index (κ3) is 3.12. The number of nitrogens with zero attached hydrogens (tertiary/aromatic N) is 4. The maximum absolute atomic E-state index is 6.11. The Kier molecular flexibility index (Phi) is 3.77. The highest BCUT2D eigenvalue weighted by molar-refractivity contribution is 5.73. The second kappa shape index (κ2) is 6.28. The summed E-state index contributed by atoms with van der Waals surface area (Å²) in [5.41, 5.74) is 8.16. The summed E-state index contributed by atoms with van der Waals surface area (Å²) in [5, 5.41) is 18.9. The molecule has 8 heteroatoms. The standard InChI is InChI=1S/C18H24N8/c19-12-3-1-4-13(9-12)20-18-22-17(15-5-2-8-26(15)25-18)21-16-10-14(23-24-16)11-6-7-11/h2,5,8,10-13H,1,3-4,6-7,9,19H2,(H3,20,21,22,23,24,25). The summed E-state index contributed by atoms with van der Waals surface area (Å²) in [5.74, 6) is 2.86. The molecule has 0 radical (unpaired) electrons. The van der Waals surface area contributed by atoms with Gasteiger partial charge in [-0.1, -0.05) is 0 Å². The summed E-state index contributed by atoms with van der Waals surface area (Å²) < 4.78 is 1.85. The van der Waals surface area contributed by atoms with Crippen molar-refractivity contribution in [3.8, 4) is 0 Å². The molecule has 2 fully saturated rings. The van der Waals surface area contributed by atoms with E-state index in [-0.39, 0.29) is 6.04 Å². The summed E-state index contributed by atoms with van der Waals surface area (Å²) in [4.78, 5) is 4.71. The molecule has 0 saturated heterocycles. The number of H-pyrrole nitrogens is 1. The van der Waals surface area contributed by atoms with Crippen molar-refractivity contribution in [1.29, 1.82) is 0 Å². The molecule has 2 aliphatic rings. The molecule has 136 valence electrons. The molecule has 2 aliphatic carbocycles. The van der Waals surface area contributed by atoms with E-state index in [0.717, 1.165) is 48.5 Å². The zero-order valence-electron chi connectivity index (χ0n) is 14.7. The van der Waals surface area contributed by atoms with E-state index in [1.54, 1.807) is 0 Å². The molecule has 8 nitrogen and oxygen atoms in total. The first-order chi connectivity index (χ1) is 12.7. The third-order valence-corrected chi connectivity index (χ3v) is 5.29. The lowest BCUT2D eigenvalue weighted by Crippen LogP contribution is -2.35. The van der Waals surface area contributed by atoms with Gasteiger partial charge in [0.2, 0.25) is 5.95 Å². The van der Waals surface area contributed by atoms with Crippen LogP contribution in [-0.4, -0.2) is 36.9 Å². The van der Waals surface area contributed by atoms with Gasteiger partial charge in [-0.25, -0.2) is 4.52 Å². The Morgan fingerprint density at radius 2 is 2.15 bits per heavy atom. The fourth-order valence-corrected chi connectivity index (χ4v) is 3.75. The molecular formula is C18H24N8. The largest absolute Gasteiger partial charge is 0.350 e. The van der Waals surface area contributed by atoms with E-state index in [1.807, 2.05) is 22.8 Å². The molecule has 3 heterocycles. The molecule has 3 aromatic rings. The van der Waals surface area contributed by atoms with E-state index in [4.69, 9.17) is 10.7 Å². The Hall–Kier alpha value is -2.61. The predicted molar refractivity (Wildman–Crippen MR) is 101 cm³/mol. The average molecular weight is 352 g/mol. The molecule has 2 atom stereocenters. The Morgan fingerprint density at radius 1 is 1.23 bits per heavy atom. The van der Waals surface area contributed by atoms with Gasteiger partial charge in [-0.2, -0.15) is 10.1 Å². The van der Waals surface area contributed by atoms with Gasteiger partial charge in [-0.05, 0) is 50.7 Å². The van der Waals surface area contributed by atoms with Crippen molar-refractivity contribution in [1.82, 2.24) is 24.8 Å². The quantitative estimate of drug-likeness (QED) is 0.562. The van der Waals surface area contributed by atoms with Gasteiger partial charge in [0.15, 0.2) is 5.82 Å². The van der Waals surface area contributed by atoms with Gasteiger partial charge in [0.25, 0.3) is 0 Å². The van der Waals surface area contributed by atoms with Crippen LogP contribution in [0.3, 0.4) is 0 Å². The van der Waals surface area contributed by atoms with Crippen LogP contribution >= 0.6 is 0 Å².